The summed E-state index contributed by atoms with van der Waals surface area (Å²) in [6, 6.07) is 14.2. The predicted molar refractivity (Wildman–Crippen MR) is 139 cm³/mol. The maximum atomic E-state index is 13.0. The first kappa shape index (κ1) is 26.1. The van der Waals surface area contributed by atoms with Crippen LogP contribution >= 0.6 is 11.3 Å². The molecule has 0 atom stereocenters. The summed E-state index contributed by atoms with van der Waals surface area (Å²) in [7, 11) is 1.62. The van der Waals surface area contributed by atoms with Crippen LogP contribution in [0.2, 0.25) is 0 Å². The number of methoxy groups -OCH3 is 1. The number of halogens is 3. The zero-order chi connectivity index (χ0) is 26.6. The number of rotatable bonds is 8. The minimum atomic E-state index is -4.55. The highest BCUT2D eigenvalue weighted by molar-refractivity contribution is 7.22. The number of fused-ring (bicyclic) bond motifs is 1. The lowest BCUT2D eigenvalue weighted by atomic mass is 10.1. The Bertz CT molecular complexity index is 1450. The molecule has 0 spiro atoms. The summed E-state index contributed by atoms with van der Waals surface area (Å²) < 4.78 is 44.8. The highest BCUT2D eigenvalue weighted by Gasteiger charge is 2.30. The fraction of sp³-hybridized carbons (Fsp3) is 0.192. The van der Waals surface area contributed by atoms with Gasteiger partial charge in [0.15, 0.2) is 5.13 Å². The number of carbonyl (C=O) groups is 2. The number of hydrogen-bond acceptors (Lipinski definition) is 6. The van der Waals surface area contributed by atoms with E-state index in [9.17, 15) is 22.8 Å². The Hall–Kier alpha value is -3.96. The van der Waals surface area contributed by atoms with Crippen molar-refractivity contribution >= 4 is 49.9 Å². The van der Waals surface area contributed by atoms with Gasteiger partial charge in [-0.25, -0.2) is 4.98 Å². The topological polar surface area (TPSA) is 92.3 Å². The molecule has 0 aliphatic carbocycles. The van der Waals surface area contributed by atoms with Gasteiger partial charge in [0.2, 0.25) is 0 Å². The van der Waals surface area contributed by atoms with E-state index in [0.29, 0.717) is 30.1 Å². The van der Waals surface area contributed by atoms with Crippen LogP contribution in [0.15, 0.2) is 60.7 Å². The molecule has 0 aliphatic rings. The Balaban J connectivity index is 1.48. The fourth-order valence-electron chi connectivity index (χ4n) is 3.47. The number of carbonyl (C=O) groups excluding carboxylic acids is 2. The number of aryl methyl sites for hydroxylation is 1. The third-order valence-electron chi connectivity index (χ3n) is 5.43. The summed E-state index contributed by atoms with van der Waals surface area (Å²) in [5, 5.41) is 9.31. The molecule has 0 radical (unpaired) electrons. The summed E-state index contributed by atoms with van der Waals surface area (Å²) in [5.74, 6) is -1.05. The SMILES string of the molecule is COCCNc1nc2ccc(C(=O)Nc3cc(NC(=O)c4cccc(C(F)(F)F)c4)ccc3C)cc2s1. The van der Waals surface area contributed by atoms with Crippen LogP contribution in [-0.4, -0.2) is 37.1 Å². The lowest BCUT2D eigenvalue weighted by Crippen LogP contribution is -2.15. The maximum Gasteiger partial charge on any atom is 0.416 e. The number of hydrogen-bond donors (Lipinski definition) is 3. The van der Waals surface area contributed by atoms with Crippen molar-refractivity contribution in [3.63, 3.8) is 0 Å². The average Bonchev–Trinajstić information content (AvgIpc) is 3.27. The molecule has 3 aromatic carbocycles. The molecule has 2 amide bonds. The van der Waals surface area contributed by atoms with E-state index in [2.05, 4.69) is 20.9 Å². The van der Waals surface area contributed by atoms with Crippen molar-refractivity contribution in [2.75, 3.05) is 36.2 Å². The van der Waals surface area contributed by atoms with Crippen LogP contribution in [0.3, 0.4) is 0 Å². The molecule has 0 saturated carbocycles. The summed E-state index contributed by atoms with van der Waals surface area (Å²) in [5.41, 5.74) is 1.68. The third kappa shape index (κ3) is 6.43. The highest BCUT2D eigenvalue weighted by atomic mass is 32.1. The Morgan fingerprint density at radius 1 is 0.973 bits per heavy atom. The lowest BCUT2D eigenvalue weighted by molar-refractivity contribution is -0.137. The van der Waals surface area contributed by atoms with Gasteiger partial charge in [-0.15, -0.1) is 0 Å². The number of amides is 2. The summed E-state index contributed by atoms with van der Waals surface area (Å²) in [6.07, 6.45) is -4.55. The first-order valence-electron chi connectivity index (χ1n) is 11.2. The minimum Gasteiger partial charge on any atom is -0.383 e. The maximum absolute atomic E-state index is 13.0. The first-order valence-corrected chi connectivity index (χ1v) is 12.0. The van der Waals surface area contributed by atoms with Gasteiger partial charge in [0.1, 0.15) is 0 Å². The molecule has 0 unspecified atom stereocenters. The molecule has 4 aromatic rings. The van der Waals surface area contributed by atoms with Gasteiger partial charge in [-0.1, -0.05) is 23.5 Å². The molecule has 11 heteroatoms. The largest absolute Gasteiger partial charge is 0.416 e. The molecule has 0 aliphatic heterocycles. The Morgan fingerprint density at radius 2 is 1.73 bits per heavy atom. The van der Waals surface area contributed by atoms with Crippen LogP contribution in [-0.2, 0) is 10.9 Å². The van der Waals surface area contributed by atoms with Crippen molar-refractivity contribution in [2.45, 2.75) is 13.1 Å². The number of alkyl halides is 3. The third-order valence-corrected chi connectivity index (χ3v) is 6.40. The summed E-state index contributed by atoms with van der Waals surface area (Å²) >= 11 is 1.42. The minimum absolute atomic E-state index is 0.130. The highest BCUT2D eigenvalue weighted by Crippen LogP contribution is 2.30. The molecule has 37 heavy (non-hydrogen) atoms. The van der Waals surface area contributed by atoms with Crippen LogP contribution < -0.4 is 16.0 Å². The van der Waals surface area contributed by atoms with Gasteiger partial charge < -0.3 is 20.7 Å². The van der Waals surface area contributed by atoms with E-state index in [1.165, 1.54) is 23.5 Å². The van der Waals surface area contributed by atoms with E-state index in [1.807, 2.05) is 0 Å². The van der Waals surface area contributed by atoms with E-state index in [-0.39, 0.29) is 11.5 Å². The molecule has 192 valence electrons. The van der Waals surface area contributed by atoms with Crippen molar-refractivity contribution < 1.29 is 27.5 Å². The Kier molecular flexibility index (Phi) is 7.74. The summed E-state index contributed by atoms with van der Waals surface area (Å²) in [4.78, 5) is 30.0. The van der Waals surface area contributed by atoms with E-state index in [0.717, 1.165) is 33.0 Å². The predicted octanol–water partition coefficient (Wildman–Crippen LogP) is 6.19. The number of aromatic nitrogens is 1. The molecular weight excluding hydrogens is 505 g/mol. The molecule has 0 bridgehead atoms. The zero-order valence-electron chi connectivity index (χ0n) is 19.9. The van der Waals surface area contributed by atoms with Gasteiger partial charge >= 0.3 is 6.18 Å². The van der Waals surface area contributed by atoms with Gasteiger partial charge in [0, 0.05) is 36.2 Å². The molecule has 7 nitrogen and oxygen atoms in total. The number of anilines is 3. The molecule has 0 saturated heterocycles. The molecule has 4 rings (SSSR count). The normalized spacial score (nSPS) is 11.4. The number of nitrogens with one attached hydrogen (secondary N) is 3. The van der Waals surface area contributed by atoms with E-state index in [1.54, 1.807) is 50.4 Å². The van der Waals surface area contributed by atoms with Crippen molar-refractivity contribution in [3.8, 4) is 0 Å². The van der Waals surface area contributed by atoms with Crippen LogP contribution in [0, 0.1) is 6.92 Å². The molecule has 1 aromatic heterocycles. The van der Waals surface area contributed by atoms with Gasteiger partial charge in [-0.05, 0) is 61.0 Å². The molecular formula is C26H23F3N4O3S. The van der Waals surface area contributed by atoms with E-state index >= 15 is 0 Å². The fourth-order valence-corrected chi connectivity index (χ4v) is 4.40. The lowest BCUT2D eigenvalue weighted by Gasteiger charge is -2.13. The quantitative estimate of drug-likeness (QED) is 0.237. The van der Waals surface area contributed by atoms with Gasteiger partial charge in [0.25, 0.3) is 11.8 Å². The molecule has 3 N–H and O–H groups in total. The monoisotopic (exact) mass is 528 g/mol. The number of ether oxygens (including phenoxy) is 1. The van der Waals surface area contributed by atoms with Crippen molar-refractivity contribution in [2.24, 2.45) is 0 Å². The summed E-state index contributed by atoms with van der Waals surface area (Å²) in [6.45, 7) is 2.95. The second-order valence-electron chi connectivity index (χ2n) is 8.14. The Morgan fingerprint density at radius 3 is 2.49 bits per heavy atom. The average molecular weight is 529 g/mol. The van der Waals surface area contributed by atoms with Crippen LogP contribution in [0.1, 0.15) is 31.8 Å². The Labute approximate surface area is 214 Å². The second kappa shape index (κ2) is 11.0. The van der Waals surface area contributed by atoms with Crippen molar-refractivity contribution in [3.05, 3.63) is 82.9 Å². The van der Waals surface area contributed by atoms with Gasteiger partial charge in [-0.3, -0.25) is 9.59 Å². The number of thiazole rings is 1. The van der Waals surface area contributed by atoms with Crippen LogP contribution in [0.4, 0.5) is 29.7 Å². The van der Waals surface area contributed by atoms with E-state index in [4.69, 9.17) is 4.74 Å². The standard InChI is InChI=1S/C26H23F3N4O3S/c1-15-6-8-19(31-23(34)16-4-3-5-18(12-16)26(27,28)29)14-21(15)32-24(35)17-7-9-20-22(13-17)37-25(33-20)30-10-11-36-2/h3-9,12-14H,10-11H2,1-2H3,(H,30,33)(H,31,34)(H,32,35). The second-order valence-corrected chi connectivity index (χ2v) is 9.17. The van der Waals surface area contributed by atoms with Crippen molar-refractivity contribution in [1.29, 1.82) is 0 Å². The first-order chi connectivity index (χ1) is 17.6. The van der Waals surface area contributed by atoms with Crippen molar-refractivity contribution in [1.82, 2.24) is 4.98 Å². The molecule has 1 heterocycles. The van der Waals surface area contributed by atoms with Gasteiger partial charge in [-0.2, -0.15) is 13.2 Å². The van der Waals surface area contributed by atoms with Crippen LogP contribution in [0.5, 0.6) is 0 Å². The zero-order valence-corrected chi connectivity index (χ0v) is 20.7. The van der Waals surface area contributed by atoms with Crippen LogP contribution in [0.25, 0.3) is 10.2 Å². The number of nitrogens with zero attached hydrogens (tertiary/aromatic N) is 1. The van der Waals surface area contributed by atoms with E-state index < -0.39 is 17.6 Å². The number of benzene rings is 3. The molecule has 0 fully saturated rings. The smallest absolute Gasteiger partial charge is 0.383 e. The van der Waals surface area contributed by atoms with Gasteiger partial charge in [0.05, 0.1) is 22.4 Å².